The van der Waals surface area contributed by atoms with Crippen molar-refractivity contribution in [2.24, 2.45) is 0 Å². The first-order valence-electron chi connectivity index (χ1n) is 32.7. The van der Waals surface area contributed by atoms with Crippen LogP contribution in [0.25, 0.3) is 0 Å². The van der Waals surface area contributed by atoms with E-state index in [0.29, 0.717) is 19.3 Å². The lowest BCUT2D eigenvalue weighted by molar-refractivity contribution is -0.161. The van der Waals surface area contributed by atoms with Crippen LogP contribution in [0.2, 0.25) is 0 Å². The molecule has 0 amide bonds. The molecule has 0 aliphatic carbocycles. The number of allylic oxidation sites excluding steroid dienone is 28. The van der Waals surface area contributed by atoms with Crippen LogP contribution >= 0.6 is 0 Å². The molecule has 0 bridgehead atoms. The predicted molar refractivity (Wildman–Crippen MR) is 352 cm³/mol. The number of rotatable bonds is 58. The molecule has 1 atom stereocenters. The highest BCUT2D eigenvalue weighted by Crippen LogP contribution is 2.16. The van der Waals surface area contributed by atoms with Gasteiger partial charge in [0, 0.05) is 12.8 Å². The molecule has 1 unspecified atom stereocenters. The van der Waals surface area contributed by atoms with Crippen LogP contribution in [0.3, 0.4) is 0 Å². The van der Waals surface area contributed by atoms with Gasteiger partial charge in [-0.05, 0) is 128 Å². The quantitative estimate of drug-likeness (QED) is 0.0373. The van der Waals surface area contributed by atoms with Crippen LogP contribution in [0.1, 0.15) is 271 Å². The van der Waals surface area contributed by atoms with E-state index in [1.165, 1.54) is 116 Å². The van der Waals surface area contributed by atoms with E-state index in [1.54, 1.807) is 0 Å². The first-order valence-corrected chi connectivity index (χ1v) is 32.7. The van der Waals surface area contributed by atoms with E-state index in [9.17, 15) is 14.7 Å². The Bertz CT molecular complexity index is 1770. The van der Waals surface area contributed by atoms with Crippen LogP contribution in [-0.4, -0.2) is 36.4 Å². The Labute approximate surface area is 493 Å². The van der Waals surface area contributed by atoms with Gasteiger partial charge in [-0.2, -0.15) is 0 Å². The summed E-state index contributed by atoms with van der Waals surface area (Å²) < 4.78 is 10.7. The molecule has 0 saturated carbocycles. The third-order valence-electron chi connectivity index (χ3n) is 13.5. The Balaban J connectivity index is 3.59. The van der Waals surface area contributed by atoms with Gasteiger partial charge in [-0.25, -0.2) is 0 Å². The molecule has 1 N–H and O–H groups in total. The van der Waals surface area contributed by atoms with Gasteiger partial charge in [-0.1, -0.05) is 300 Å². The average molecular weight is 1100 g/mol. The molecule has 0 aromatic heterocycles. The van der Waals surface area contributed by atoms with Gasteiger partial charge in [0.25, 0.3) is 0 Å². The second-order valence-corrected chi connectivity index (χ2v) is 21.1. The van der Waals surface area contributed by atoms with E-state index in [2.05, 4.69) is 184 Å². The Morgan fingerprint density at radius 1 is 0.287 bits per heavy atom. The highest BCUT2D eigenvalue weighted by atomic mass is 16.6. The lowest BCUT2D eigenvalue weighted by Crippen LogP contribution is -2.28. The molecular weight excluding hydrogens is 981 g/mol. The van der Waals surface area contributed by atoms with Crippen molar-refractivity contribution in [3.8, 4) is 0 Å². The van der Waals surface area contributed by atoms with Crippen LogP contribution < -0.4 is 0 Å². The van der Waals surface area contributed by atoms with Gasteiger partial charge < -0.3 is 14.6 Å². The maximum absolute atomic E-state index is 12.3. The molecule has 0 aromatic rings. The minimum absolute atomic E-state index is 0.0921. The summed E-state index contributed by atoms with van der Waals surface area (Å²) in [5.41, 5.74) is 0. The maximum atomic E-state index is 12.3. The number of carbonyl (C=O) groups excluding carboxylic acids is 2. The molecule has 0 rings (SSSR count). The van der Waals surface area contributed by atoms with Gasteiger partial charge in [0.1, 0.15) is 6.61 Å². The van der Waals surface area contributed by atoms with Crippen molar-refractivity contribution in [3.05, 3.63) is 170 Å². The second kappa shape index (κ2) is 68.5. The molecule has 0 aliphatic heterocycles. The van der Waals surface area contributed by atoms with Gasteiger partial charge in [0.15, 0.2) is 6.10 Å². The Kier molecular flexibility index (Phi) is 64.5. The van der Waals surface area contributed by atoms with Crippen LogP contribution in [0.15, 0.2) is 170 Å². The van der Waals surface area contributed by atoms with E-state index >= 15 is 0 Å². The second-order valence-electron chi connectivity index (χ2n) is 21.1. The molecule has 5 nitrogen and oxygen atoms in total. The van der Waals surface area contributed by atoms with Crippen LogP contribution in [0, 0.1) is 0 Å². The summed E-state index contributed by atoms with van der Waals surface area (Å²) in [4.78, 5) is 24.6. The minimum atomic E-state index is -0.808. The Hall–Kier alpha value is -4.74. The smallest absolute Gasteiger partial charge is 0.306 e. The summed E-state index contributed by atoms with van der Waals surface area (Å²) in [7, 11) is 0. The minimum Gasteiger partial charge on any atom is -0.462 e. The maximum Gasteiger partial charge on any atom is 0.306 e. The van der Waals surface area contributed by atoms with E-state index in [-0.39, 0.29) is 25.2 Å². The normalized spacial score (nSPS) is 13.4. The number of aliphatic hydroxyl groups excluding tert-OH is 1. The Morgan fingerprint density at radius 2 is 0.500 bits per heavy atom. The summed E-state index contributed by atoms with van der Waals surface area (Å²) in [6.45, 7) is 3.89. The zero-order valence-corrected chi connectivity index (χ0v) is 51.5. The molecule has 0 aromatic carbocycles. The molecule has 0 radical (unpaired) electrons. The third kappa shape index (κ3) is 65.8. The van der Waals surface area contributed by atoms with Gasteiger partial charge in [-0.3, -0.25) is 9.59 Å². The summed E-state index contributed by atoms with van der Waals surface area (Å²) in [5, 5.41) is 9.68. The van der Waals surface area contributed by atoms with E-state index in [1.807, 2.05) is 0 Å². The molecule has 5 heteroatoms. The predicted octanol–water partition coefficient (Wildman–Crippen LogP) is 22.9. The molecule has 0 spiro atoms. The van der Waals surface area contributed by atoms with Crippen LogP contribution in [0.4, 0.5) is 0 Å². The first-order chi connectivity index (χ1) is 39.6. The fourth-order valence-electron chi connectivity index (χ4n) is 8.69. The molecule has 450 valence electrons. The lowest BCUT2D eigenvalue weighted by Gasteiger charge is -2.15. The number of aliphatic hydroxyl groups is 1. The summed E-state index contributed by atoms with van der Waals surface area (Å²) in [6, 6.07) is 0. The molecule has 0 aliphatic rings. The van der Waals surface area contributed by atoms with Crippen LogP contribution in [-0.2, 0) is 19.1 Å². The van der Waals surface area contributed by atoms with Crippen molar-refractivity contribution >= 4 is 11.9 Å². The lowest BCUT2D eigenvalue weighted by atomic mass is 10.0. The molecule has 0 heterocycles. The molecular formula is C75H120O5. The number of hydrogen-bond acceptors (Lipinski definition) is 5. The number of carbonyl (C=O) groups is 2. The summed E-state index contributed by atoms with van der Waals surface area (Å²) in [6.07, 6.45) is 106. The summed E-state index contributed by atoms with van der Waals surface area (Å²) >= 11 is 0. The van der Waals surface area contributed by atoms with Gasteiger partial charge in [-0.15, -0.1) is 0 Å². The van der Waals surface area contributed by atoms with Gasteiger partial charge >= 0.3 is 11.9 Å². The number of ether oxygens (including phenoxy) is 2. The Morgan fingerprint density at radius 3 is 0.775 bits per heavy atom. The van der Waals surface area contributed by atoms with E-state index in [0.717, 1.165) is 122 Å². The van der Waals surface area contributed by atoms with Gasteiger partial charge in [0.05, 0.1) is 6.61 Å². The topological polar surface area (TPSA) is 72.8 Å². The highest BCUT2D eigenvalue weighted by Gasteiger charge is 2.16. The number of esters is 2. The standard InChI is InChI=1S/C75H120O5/c1-3-5-7-9-11-13-15-17-19-21-23-25-27-29-31-33-35-37-39-41-43-45-47-49-51-53-55-57-59-61-63-65-67-69-74(77)79-72-73(71-76)80-75(78)70-68-66-64-62-60-58-56-54-52-50-48-46-44-42-40-38-36-34-32-30-28-26-24-22-20-18-16-14-12-10-8-6-4-2/h5-8,11-14,17-20,23-26,30,32,36,38,42,44,48,50,54,56,60,62,73,76H,3-4,9-10,15-16,21-22,27-29,31,33-35,37,39-41,43,45-47,49,51-53,55,57-59,61,63-72H2,1-2H3/b7-5-,8-6-,13-11-,14-12-,19-17-,20-18-,25-23-,26-24-,32-30-,38-36-,44-42-,50-48-,56-54-,62-60-. The number of hydrogen-bond donors (Lipinski definition) is 1. The number of unbranched alkanes of at least 4 members (excludes halogenated alkanes) is 22. The van der Waals surface area contributed by atoms with E-state index < -0.39 is 6.10 Å². The monoisotopic (exact) mass is 1100 g/mol. The first kappa shape index (κ1) is 75.3. The average Bonchev–Trinajstić information content (AvgIpc) is 3.46. The largest absolute Gasteiger partial charge is 0.462 e. The van der Waals surface area contributed by atoms with Crippen molar-refractivity contribution in [2.75, 3.05) is 13.2 Å². The zero-order valence-electron chi connectivity index (χ0n) is 51.5. The molecule has 80 heavy (non-hydrogen) atoms. The van der Waals surface area contributed by atoms with E-state index in [4.69, 9.17) is 9.47 Å². The van der Waals surface area contributed by atoms with Gasteiger partial charge in [0.2, 0.25) is 0 Å². The fraction of sp³-hybridized carbons (Fsp3) is 0.600. The zero-order chi connectivity index (χ0) is 57.6. The summed E-state index contributed by atoms with van der Waals surface area (Å²) in [5.74, 6) is -0.646. The van der Waals surface area contributed by atoms with Crippen LogP contribution in [0.5, 0.6) is 0 Å². The van der Waals surface area contributed by atoms with Crippen molar-refractivity contribution in [2.45, 2.75) is 277 Å². The fourth-order valence-corrected chi connectivity index (χ4v) is 8.69. The SMILES string of the molecule is CC/C=C\C/C=C\C/C=C\C/C=C\C/C=C\C/C=C\C/C=C\C/C=C\C/C=C\C/C=C\CCCCC(=O)OC(CO)COC(=O)CCCCCCCCCCCCCCCCCCCCCC/C=C\C/C=C\C/C=C\C/C=C\CC. The third-order valence-corrected chi connectivity index (χ3v) is 13.5. The molecule has 0 saturated heterocycles. The van der Waals surface area contributed by atoms with Crippen molar-refractivity contribution < 1.29 is 24.2 Å². The highest BCUT2D eigenvalue weighted by molar-refractivity contribution is 5.70. The van der Waals surface area contributed by atoms with Crippen molar-refractivity contribution in [3.63, 3.8) is 0 Å². The van der Waals surface area contributed by atoms with Crippen molar-refractivity contribution in [1.29, 1.82) is 0 Å². The molecule has 0 fully saturated rings. The van der Waals surface area contributed by atoms with Crippen molar-refractivity contribution in [1.82, 2.24) is 0 Å².